The molecule has 1 aromatic carbocycles. The van der Waals surface area contributed by atoms with E-state index in [0.29, 0.717) is 0 Å². The van der Waals surface area contributed by atoms with Gasteiger partial charge in [0.1, 0.15) is 0 Å². The number of aryl methyl sites for hydroxylation is 1. The van der Waals surface area contributed by atoms with Gasteiger partial charge >= 0.3 is 0 Å². The van der Waals surface area contributed by atoms with E-state index in [1.165, 1.54) is 22.0 Å². The average molecular weight is 188 g/mol. The number of rotatable bonds is 2. The number of fused-ring (bicyclic) bond motifs is 1. The van der Waals surface area contributed by atoms with E-state index in [2.05, 4.69) is 30.1 Å². The number of nitrogens with two attached hydrogens (primary N) is 1. The second-order valence-corrected chi connectivity index (χ2v) is 4.03. The zero-order chi connectivity index (χ0) is 10.1. The lowest BCUT2D eigenvalue weighted by atomic mass is 10.0. The molecule has 0 radical (unpaired) electrons. The van der Waals surface area contributed by atoms with Gasteiger partial charge in [-0.15, -0.1) is 0 Å². The van der Waals surface area contributed by atoms with E-state index in [-0.39, 0.29) is 6.04 Å². The Kier molecular flexibility index (Phi) is 2.30. The molecule has 1 heterocycles. The molecule has 2 nitrogen and oxygen atoms in total. The molecule has 0 saturated heterocycles. The zero-order valence-corrected chi connectivity index (χ0v) is 8.67. The van der Waals surface area contributed by atoms with Crippen LogP contribution in [0.4, 0.5) is 0 Å². The van der Waals surface area contributed by atoms with Gasteiger partial charge in [-0.25, -0.2) is 0 Å². The third-order valence-electron chi connectivity index (χ3n) is 2.49. The van der Waals surface area contributed by atoms with Gasteiger partial charge in [0.25, 0.3) is 0 Å². The molecule has 3 N–H and O–H groups in total. The maximum Gasteiger partial charge on any atom is 0.0459 e. The van der Waals surface area contributed by atoms with Crippen LogP contribution in [-0.4, -0.2) is 11.0 Å². The summed E-state index contributed by atoms with van der Waals surface area (Å²) in [6, 6.07) is 6.74. The number of benzene rings is 1. The fourth-order valence-electron chi connectivity index (χ4n) is 1.92. The molecule has 0 bridgehead atoms. The summed E-state index contributed by atoms with van der Waals surface area (Å²) in [6.07, 6.45) is 2.92. The fraction of sp³-hybridized carbons (Fsp3) is 0.333. The predicted octanol–water partition coefficient (Wildman–Crippen LogP) is 2.37. The lowest BCUT2D eigenvalue weighted by Crippen LogP contribution is -2.17. The molecule has 2 heteroatoms. The minimum atomic E-state index is 0.224. The summed E-state index contributed by atoms with van der Waals surface area (Å²) in [5.41, 5.74) is 9.62. The van der Waals surface area contributed by atoms with Crippen LogP contribution in [0.1, 0.15) is 18.1 Å². The van der Waals surface area contributed by atoms with Crippen LogP contribution in [0, 0.1) is 6.92 Å². The molecule has 74 valence electrons. The third kappa shape index (κ3) is 1.66. The molecular formula is C12H16N2. The molecule has 0 aliphatic heterocycles. The third-order valence-corrected chi connectivity index (χ3v) is 2.49. The summed E-state index contributed by atoms with van der Waals surface area (Å²) in [5, 5.41) is 1.30. The van der Waals surface area contributed by atoms with E-state index >= 15 is 0 Å². The first-order valence-corrected chi connectivity index (χ1v) is 4.99. The van der Waals surface area contributed by atoms with Crippen molar-refractivity contribution in [3.05, 3.63) is 35.5 Å². The molecule has 1 unspecified atom stereocenters. The summed E-state index contributed by atoms with van der Waals surface area (Å²) in [5.74, 6) is 0. The van der Waals surface area contributed by atoms with Crippen LogP contribution < -0.4 is 5.73 Å². The highest BCUT2D eigenvalue weighted by molar-refractivity contribution is 5.83. The summed E-state index contributed by atoms with van der Waals surface area (Å²) in [4.78, 5) is 3.23. The van der Waals surface area contributed by atoms with Gasteiger partial charge in [-0.05, 0) is 43.5 Å². The number of aromatic amines is 1. The first kappa shape index (κ1) is 9.28. The van der Waals surface area contributed by atoms with Crippen LogP contribution in [-0.2, 0) is 6.42 Å². The van der Waals surface area contributed by atoms with Gasteiger partial charge in [0.05, 0.1) is 0 Å². The highest BCUT2D eigenvalue weighted by Gasteiger charge is 2.03. The molecule has 1 atom stereocenters. The number of nitrogens with one attached hydrogen (secondary N) is 1. The smallest absolute Gasteiger partial charge is 0.0459 e. The second-order valence-electron chi connectivity index (χ2n) is 4.03. The molecule has 0 amide bonds. The van der Waals surface area contributed by atoms with Crippen LogP contribution in [0.5, 0.6) is 0 Å². The van der Waals surface area contributed by atoms with E-state index in [1.54, 1.807) is 0 Å². The van der Waals surface area contributed by atoms with Crippen molar-refractivity contribution < 1.29 is 0 Å². The molecular weight excluding hydrogens is 172 g/mol. The Morgan fingerprint density at radius 3 is 2.93 bits per heavy atom. The SMILES string of the molecule is Cc1cc(CC(C)N)cc2[nH]ccc12. The molecule has 1 aromatic heterocycles. The molecule has 2 rings (SSSR count). The molecule has 0 saturated carbocycles. The van der Waals surface area contributed by atoms with Crippen molar-refractivity contribution >= 4 is 10.9 Å². The topological polar surface area (TPSA) is 41.8 Å². The Morgan fingerprint density at radius 2 is 2.21 bits per heavy atom. The summed E-state index contributed by atoms with van der Waals surface area (Å²) < 4.78 is 0. The Morgan fingerprint density at radius 1 is 1.43 bits per heavy atom. The summed E-state index contributed by atoms with van der Waals surface area (Å²) in [6.45, 7) is 4.18. The van der Waals surface area contributed by atoms with E-state index in [4.69, 9.17) is 5.73 Å². The quantitative estimate of drug-likeness (QED) is 0.746. The Labute approximate surface area is 84.1 Å². The van der Waals surface area contributed by atoms with Crippen molar-refractivity contribution in [1.82, 2.24) is 4.98 Å². The van der Waals surface area contributed by atoms with Crippen molar-refractivity contribution in [2.24, 2.45) is 5.73 Å². The van der Waals surface area contributed by atoms with Crippen LogP contribution >= 0.6 is 0 Å². The highest BCUT2D eigenvalue weighted by atomic mass is 14.7. The second kappa shape index (κ2) is 3.46. The number of hydrogen-bond acceptors (Lipinski definition) is 1. The van der Waals surface area contributed by atoms with Gasteiger partial charge in [0.15, 0.2) is 0 Å². The number of aromatic nitrogens is 1. The largest absolute Gasteiger partial charge is 0.361 e. The molecule has 14 heavy (non-hydrogen) atoms. The van der Waals surface area contributed by atoms with Crippen molar-refractivity contribution in [3.63, 3.8) is 0 Å². The van der Waals surface area contributed by atoms with Gasteiger partial charge in [-0.2, -0.15) is 0 Å². The van der Waals surface area contributed by atoms with Gasteiger partial charge < -0.3 is 10.7 Å². The maximum atomic E-state index is 5.78. The maximum absolute atomic E-state index is 5.78. The van der Waals surface area contributed by atoms with Crippen LogP contribution in [0.2, 0.25) is 0 Å². The van der Waals surface area contributed by atoms with Crippen LogP contribution in [0.3, 0.4) is 0 Å². The van der Waals surface area contributed by atoms with Crippen molar-refractivity contribution in [2.75, 3.05) is 0 Å². The first-order valence-electron chi connectivity index (χ1n) is 4.99. The van der Waals surface area contributed by atoms with Crippen molar-refractivity contribution in [1.29, 1.82) is 0 Å². The lowest BCUT2D eigenvalue weighted by Gasteiger charge is -2.07. The highest BCUT2D eigenvalue weighted by Crippen LogP contribution is 2.19. The number of H-pyrrole nitrogens is 1. The Hall–Kier alpha value is -1.28. The van der Waals surface area contributed by atoms with Gasteiger partial charge in [-0.3, -0.25) is 0 Å². The lowest BCUT2D eigenvalue weighted by molar-refractivity contribution is 0.738. The monoisotopic (exact) mass is 188 g/mol. The average Bonchev–Trinajstić information content (AvgIpc) is 2.50. The standard InChI is InChI=1S/C12H16N2/c1-8-5-10(6-9(2)13)7-12-11(8)3-4-14-12/h3-5,7,9,14H,6,13H2,1-2H3. The Bertz CT molecular complexity index is 441. The van der Waals surface area contributed by atoms with Gasteiger partial charge in [-0.1, -0.05) is 6.07 Å². The van der Waals surface area contributed by atoms with E-state index in [0.717, 1.165) is 6.42 Å². The van der Waals surface area contributed by atoms with Crippen molar-refractivity contribution in [2.45, 2.75) is 26.3 Å². The van der Waals surface area contributed by atoms with E-state index < -0.39 is 0 Å². The molecule has 0 spiro atoms. The molecule has 0 aliphatic rings. The summed E-state index contributed by atoms with van der Waals surface area (Å²) >= 11 is 0. The molecule has 2 aromatic rings. The summed E-state index contributed by atoms with van der Waals surface area (Å²) in [7, 11) is 0. The van der Waals surface area contributed by atoms with Gasteiger partial charge in [0.2, 0.25) is 0 Å². The minimum absolute atomic E-state index is 0.224. The minimum Gasteiger partial charge on any atom is -0.361 e. The van der Waals surface area contributed by atoms with E-state index in [9.17, 15) is 0 Å². The predicted molar refractivity (Wildman–Crippen MR) is 60.4 cm³/mol. The van der Waals surface area contributed by atoms with Gasteiger partial charge in [0, 0.05) is 23.1 Å². The zero-order valence-electron chi connectivity index (χ0n) is 8.67. The molecule has 0 aliphatic carbocycles. The normalized spacial score (nSPS) is 13.4. The van der Waals surface area contributed by atoms with Crippen LogP contribution in [0.25, 0.3) is 10.9 Å². The van der Waals surface area contributed by atoms with E-state index in [1.807, 2.05) is 13.1 Å². The number of hydrogen-bond donors (Lipinski definition) is 2. The molecule has 0 fully saturated rings. The van der Waals surface area contributed by atoms with Crippen molar-refractivity contribution in [3.8, 4) is 0 Å². The van der Waals surface area contributed by atoms with Crippen LogP contribution in [0.15, 0.2) is 24.4 Å². The first-order chi connectivity index (χ1) is 6.66. The Balaban J connectivity index is 2.47. The fourth-order valence-corrected chi connectivity index (χ4v) is 1.92.